The van der Waals surface area contributed by atoms with Crippen LogP contribution in [0.2, 0.25) is 0 Å². The predicted molar refractivity (Wildman–Crippen MR) is 150 cm³/mol. The number of halogens is 2. The summed E-state index contributed by atoms with van der Waals surface area (Å²) < 4.78 is 39.5. The van der Waals surface area contributed by atoms with Gasteiger partial charge in [0.15, 0.2) is 5.75 Å². The zero-order chi connectivity index (χ0) is 29.4. The van der Waals surface area contributed by atoms with Crippen molar-refractivity contribution in [1.29, 1.82) is 0 Å². The Hall–Kier alpha value is -5.25. The van der Waals surface area contributed by atoms with Crippen molar-refractivity contribution < 1.29 is 32.6 Å². The fourth-order valence-corrected chi connectivity index (χ4v) is 3.89. The van der Waals surface area contributed by atoms with Crippen molar-refractivity contribution in [3.05, 3.63) is 120 Å². The number of nitrogens with one attached hydrogen (secondary N) is 2. The molecule has 0 aliphatic heterocycles. The first-order chi connectivity index (χ1) is 19.7. The number of imide groups is 1. The van der Waals surface area contributed by atoms with Gasteiger partial charge in [0.25, 0.3) is 0 Å². The van der Waals surface area contributed by atoms with Crippen molar-refractivity contribution in [3.63, 3.8) is 0 Å². The fourth-order valence-electron chi connectivity index (χ4n) is 3.89. The Morgan fingerprint density at radius 1 is 0.829 bits per heavy atom. The van der Waals surface area contributed by atoms with Gasteiger partial charge in [0.05, 0.1) is 11.3 Å². The Morgan fingerprint density at radius 2 is 1.46 bits per heavy atom. The molecule has 41 heavy (non-hydrogen) atoms. The van der Waals surface area contributed by atoms with Crippen molar-refractivity contribution in [2.75, 3.05) is 10.2 Å². The van der Waals surface area contributed by atoms with Gasteiger partial charge in [0.2, 0.25) is 0 Å². The fraction of sp³-hybridized carbons (Fsp3) is 0.129. The average Bonchev–Trinajstić information content (AvgIpc) is 2.95. The summed E-state index contributed by atoms with van der Waals surface area (Å²) in [4.78, 5) is 39.8. The van der Waals surface area contributed by atoms with E-state index in [1.165, 1.54) is 23.1 Å². The number of rotatable bonds is 8. The van der Waals surface area contributed by atoms with Gasteiger partial charge in [-0.1, -0.05) is 54.6 Å². The minimum Gasteiger partial charge on any atom is -0.457 e. The molecule has 0 bridgehead atoms. The monoisotopic (exact) mass is 559 g/mol. The molecule has 4 aromatic carbocycles. The molecule has 0 spiro atoms. The number of urea groups is 2. The number of para-hydroxylation sites is 2. The first-order valence-electron chi connectivity index (χ1n) is 12.7. The van der Waals surface area contributed by atoms with E-state index in [9.17, 15) is 23.2 Å². The summed E-state index contributed by atoms with van der Waals surface area (Å²) in [6.07, 6.45) is 0. The lowest BCUT2D eigenvalue weighted by molar-refractivity contribution is 0.0472. The smallest absolute Gasteiger partial charge is 0.338 e. The van der Waals surface area contributed by atoms with E-state index in [1.807, 2.05) is 35.6 Å². The van der Waals surface area contributed by atoms with Crippen LogP contribution >= 0.6 is 0 Å². The third-order valence-electron chi connectivity index (χ3n) is 5.80. The van der Waals surface area contributed by atoms with Crippen LogP contribution in [-0.4, -0.2) is 24.1 Å². The molecule has 0 heterocycles. The molecule has 0 atom stereocenters. The molecule has 0 aromatic heterocycles. The lowest BCUT2D eigenvalue weighted by atomic mass is 10.1. The highest BCUT2D eigenvalue weighted by Gasteiger charge is 2.26. The molecule has 8 nitrogen and oxygen atoms in total. The number of nitrogens with zero attached hydrogens (tertiary/aromatic N) is 1. The normalized spacial score (nSPS) is 10.6. The largest absolute Gasteiger partial charge is 0.457 e. The van der Waals surface area contributed by atoms with Gasteiger partial charge in [0.1, 0.15) is 29.7 Å². The summed E-state index contributed by atoms with van der Waals surface area (Å²) >= 11 is 0. The highest BCUT2D eigenvalue weighted by Crippen LogP contribution is 2.35. The summed E-state index contributed by atoms with van der Waals surface area (Å²) in [6.45, 7) is 3.46. The Labute approximate surface area is 235 Å². The number of benzene rings is 4. The number of carbonyl (C=O) groups excluding carboxylic acids is 3. The molecule has 2 N–H and O–H groups in total. The quantitative estimate of drug-likeness (QED) is 0.221. The van der Waals surface area contributed by atoms with Crippen LogP contribution in [0, 0.1) is 11.6 Å². The molecule has 0 aliphatic rings. The van der Waals surface area contributed by atoms with Crippen LogP contribution in [0.3, 0.4) is 0 Å². The van der Waals surface area contributed by atoms with Crippen LogP contribution in [0.25, 0.3) is 0 Å². The number of hydrogen-bond acceptors (Lipinski definition) is 5. The minimum absolute atomic E-state index is 0.0640. The molecule has 0 saturated heterocycles. The Morgan fingerprint density at radius 3 is 2.10 bits per heavy atom. The van der Waals surface area contributed by atoms with Crippen molar-refractivity contribution in [3.8, 4) is 11.5 Å². The standard InChI is InChI=1S/C31H27F2N3O5/c1-20(2)36(31(39)35-30(38)34-28-24(32)14-9-15-25(28)33)26-17-16-22(18-27(26)41-23-12-7-4-8-13-23)29(37)40-19-21-10-5-3-6-11-21/h3-18,20H,19H2,1-2H3,(H2,34,35,38,39). The van der Waals surface area contributed by atoms with Crippen LogP contribution < -0.4 is 20.3 Å². The second kappa shape index (κ2) is 13.2. The van der Waals surface area contributed by atoms with Crippen LogP contribution in [0.1, 0.15) is 29.8 Å². The van der Waals surface area contributed by atoms with E-state index in [-0.39, 0.29) is 23.6 Å². The first kappa shape index (κ1) is 28.8. The van der Waals surface area contributed by atoms with E-state index < -0.39 is 41.4 Å². The molecular formula is C31H27F2N3O5. The summed E-state index contributed by atoms with van der Waals surface area (Å²) in [7, 11) is 0. The van der Waals surface area contributed by atoms with Gasteiger partial charge in [-0.25, -0.2) is 23.2 Å². The zero-order valence-electron chi connectivity index (χ0n) is 22.3. The molecule has 0 unspecified atom stereocenters. The van der Waals surface area contributed by atoms with E-state index in [0.717, 1.165) is 23.8 Å². The predicted octanol–water partition coefficient (Wildman–Crippen LogP) is 7.27. The highest BCUT2D eigenvalue weighted by atomic mass is 19.1. The summed E-state index contributed by atoms with van der Waals surface area (Å²) in [5.41, 5.74) is 0.521. The van der Waals surface area contributed by atoms with Gasteiger partial charge < -0.3 is 14.8 Å². The molecule has 4 rings (SSSR count). The number of anilines is 2. The third kappa shape index (κ3) is 7.45. The lowest BCUT2D eigenvalue weighted by Crippen LogP contribution is -2.48. The van der Waals surface area contributed by atoms with Crippen LogP contribution in [-0.2, 0) is 11.3 Å². The minimum atomic E-state index is -1.14. The van der Waals surface area contributed by atoms with Crippen molar-refractivity contribution in [2.24, 2.45) is 0 Å². The van der Waals surface area contributed by atoms with Gasteiger partial charge in [-0.15, -0.1) is 0 Å². The lowest BCUT2D eigenvalue weighted by Gasteiger charge is -2.28. The number of hydrogen-bond donors (Lipinski definition) is 2. The Kier molecular flexibility index (Phi) is 9.26. The van der Waals surface area contributed by atoms with Crippen molar-refractivity contribution in [1.82, 2.24) is 5.32 Å². The maximum Gasteiger partial charge on any atom is 0.338 e. The van der Waals surface area contributed by atoms with E-state index in [4.69, 9.17) is 9.47 Å². The molecule has 4 aromatic rings. The molecule has 10 heteroatoms. The number of ether oxygens (including phenoxy) is 2. The van der Waals surface area contributed by atoms with E-state index in [1.54, 1.807) is 44.2 Å². The molecule has 4 amide bonds. The molecule has 0 aliphatic carbocycles. The van der Waals surface area contributed by atoms with Crippen LogP contribution in [0.4, 0.5) is 29.7 Å². The number of carbonyl (C=O) groups is 3. The second-order valence-corrected chi connectivity index (χ2v) is 9.10. The van der Waals surface area contributed by atoms with Crippen molar-refractivity contribution >= 4 is 29.4 Å². The Bertz CT molecular complexity index is 1510. The topological polar surface area (TPSA) is 97.0 Å². The molecule has 0 fully saturated rings. The maximum absolute atomic E-state index is 14.0. The number of amides is 4. The second-order valence-electron chi connectivity index (χ2n) is 9.10. The van der Waals surface area contributed by atoms with Gasteiger partial charge >= 0.3 is 18.0 Å². The van der Waals surface area contributed by atoms with Crippen LogP contribution in [0.15, 0.2) is 97.1 Å². The third-order valence-corrected chi connectivity index (χ3v) is 5.80. The molecule has 0 saturated carbocycles. The SMILES string of the molecule is CC(C)N(C(=O)NC(=O)Nc1c(F)cccc1F)c1ccc(C(=O)OCc2ccccc2)cc1Oc1ccccc1. The summed E-state index contributed by atoms with van der Waals surface area (Å²) in [5, 5.41) is 4.11. The van der Waals surface area contributed by atoms with Gasteiger partial charge in [-0.05, 0) is 61.9 Å². The molecular weight excluding hydrogens is 532 g/mol. The highest BCUT2D eigenvalue weighted by molar-refractivity contribution is 6.07. The first-order valence-corrected chi connectivity index (χ1v) is 12.7. The Balaban J connectivity index is 1.60. The average molecular weight is 560 g/mol. The van der Waals surface area contributed by atoms with Crippen molar-refractivity contribution in [2.45, 2.75) is 26.5 Å². The van der Waals surface area contributed by atoms with Gasteiger partial charge in [-0.2, -0.15) is 0 Å². The molecule has 0 radical (unpaired) electrons. The summed E-state index contributed by atoms with van der Waals surface area (Å²) in [6, 6.07) is 22.8. The van der Waals surface area contributed by atoms with E-state index in [2.05, 4.69) is 5.32 Å². The van der Waals surface area contributed by atoms with E-state index >= 15 is 0 Å². The van der Waals surface area contributed by atoms with Gasteiger partial charge in [0, 0.05) is 6.04 Å². The molecule has 210 valence electrons. The maximum atomic E-state index is 14.0. The van der Waals surface area contributed by atoms with Crippen LogP contribution in [0.5, 0.6) is 11.5 Å². The zero-order valence-corrected chi connectivity index (χ0v) is 22.3. The number of esters is 1. The summed E-state index contributed by atoms with van der Waals surface area (Å²) in [5.74, 6) is -2.04. The van der Waals surface area contributed by atoms with E-state index in [0.29, 0.717) is 5.75 Å². The van der Waals surface area contributed by atoms with Gasteiger partial charge in [-0.3, -0.25) is 10.2 Å².